The van der Waals surface area contributed by atoms with Gasteiger partial charge in [0.05, 0.1) is 11.9 Å². The average Bonchev–Trinajstić information content (AvgIpc) is 2.47. The molecule has 0 aliphatic rings. The summed E-state index contributed by atoms with van der Waals surface area (Å²) in [6.45, 7) is 1.92. The average molecular weight is 162 g/mol. The number of nitrogens with one attached hydrogen (secondary N) is 1. The summed E-state index contributed by atoms with van der Waals surface area (Å²) in [5, 5.41) is 8.03. The van der Waals surface area contributed by atoms with Crippen LogP contribution in [0.15, 0.2) is 18.5 Å². The molecule has 12 heavy (non-hydrogen) atoms. The topological polar surface area (TPSA) is 67.6 Å². The first kappa shape index (κ1) is 7.24. The van der Waals surface area contributed by atoms with Crippen LogP contribution in [0.3, 0.4) is 0 Å². The Hall–Kier alpha value is -1.42. The number of aromatic amines is 1. The van der Waals surface area contributed by atoms with Crippen molar-refractivity contribution in [2.24, 2.45) is 5.73 Å². The number of hydrogen-bond donors (Lipinski definition) is 2. The zero-order valence-electron chi connectivity index (χ0n) is 6.78. The SMILES string of the molecule is CC(N)c1[nH]nc2cnccc12. The van der Waals surface area contributed by atoms with Crippen molar-refractivity contribution < 1.29 is 0 Å². The zero-order chi connectivity index (χ0) is 8.55. The van der Waals surface area contributed by atoms with Crippen molar-refractivity contribution in [3.63, 3.8) is 0 Å². The van der Waals surface area contributed by atoms with Crippen LogP contribution in [0.1, 0.15) is 18.7 Å². The quantitative estimate of drug-likeness (QED) is 0.656. The molecule has 1 atom stereocenters. The van der Waals surface area contributed by atoms with E-state index in [4.69, 9.17) is 5.73 Å². The number of nitrogens with zero attached hydrogens (tertiary/aromatic N) is 2. The van der Waals surface area contributed by atoms with E-state index in [0.29, 0.717) is 0 Å². The van der Waals surface area contributed by atoms with Gasteiger partial charge in [0.25, 0.3) is 0 Å². The fourth-order valence-electron chi connectivity index (χ4n) is 1.23. The lowest BCUT2D eigenvalue weighted by Gasteiger charge is -2.00. The minimum Gasteiger partial charge on any atom is -0.323 e. The van der Waals surface area contributed by atoms with Crippen molar-refractivity contribution in [1.29, 1.82) is 0 Å². The summed E-state index contributed by atoms with van der Waals surface area (Å²) in [4.78, 5) is 3.96. The molecule has 2 aromatic rings. The van der Waals surface area contributed by atoms with Gasteiger partial charge in [-0.2, -0.15) is 5.10 Å². The van der Waals surface area contributed by atoms with E-state index >= 15 is 0 Å². The van der Waals surface area contributed by atoms with Crippen LogP contribution in [0, 0.1) is 0 Å². The molecule has 2 aromatic heterocycles. The molecule has 0 spiro atoms. The highest BCUT2D eigenvalue weighted by atomic mass is 15.1. The minimum atomic E-state index is -0.0163. The molecule has 0 saturated carbocycles. The molecule has 0 saturated heterocycles. The molecular formula is C8H10N4. The lowest BCUT2D eigenvalue weighted by Crippen LogP contribution is -2.05. The van der Waals surface area contributed by atoms with Gasteiger partial charge < -0.3 is 5.73 Å². The van der Waals surface area contributed by atoms with E-state index < -0.39 is 0 Å². The fourth-order valence-corrected chi connectivity index (χ4v) is 1.23. The fraction of sp³-hybridized carbons (Fsp3) is 0.250. The van der Waals surface area contributed by atoms with Gasteiger partial charge in [0, 0.05) is 17.6 Å². The van der Waals surface area contributed by atoms with Gasteiger partial charge in [-0.15, -0.1) is 0 Å². The molecule has 0 radical (unpaired) electrons. The number of hydrogen-bond acceptors (Lipinski definition) is 3. The number of pyridine rings is 1. The van der Waals surface area contributed by atoms with E-state index in [1.807, 2.05) is 13.0 Å². The van der Waals surface area contributed by atoms with E-state index in [1.165, 1.54) is 0 Å². The summed E-state index contributed by atoms with van der Waals surface area (Å²) in [7, 11) is 0. The Morgan fingerprint density at radius 1 is 1.58 bits per heavy atom. The van der Waals surface area contributed by atoms with Crippen LogP contribution in [-0.2, 0) is 0 Å². The molecule has 0 aliphatic carbocycles. The van der Waals surface area contributed by atoms with Crippen LogP contribution < -0.4 is 5.73 Å². The standard InChI is InChI=1S/C8H10N4/c1-5(9)8-6-2-3-10-4-7(6)11-12-8/h2-5H,9H2,1H3,(H,11,12). The number of rotatable bonds is 1. The summed E-state index contributed by atoms with van der Waals surface area (Å²) in [5.41, 5.74) is 7.56. The van der Waals surface area contributed by atoms with Gasteiger partial charge in [0.15, 0.2) is 0 Å². The number of H-pyrrole nitrogens is 1. The second kappa shape index (κ2) is 2.57. The predicted octanol–water partition coefficient (Wildman–Crippen LogP) is 0.978. The van der Waals surface area contributed by atoms with Gasteiger partial charge in [-0.3, -0.25) is 10.1 Å². The molecule has 3 N–H and O–H groups in total. The Bertz CT molecular complexity index is 391. The van der Waals surface area contributed by atoms with E-state index in [9.17, 15) is 0 Å². The van der Waals surface area contributed by atoms with E-state index in [-0.39, 0.29) is 6.04 Å². The predicted molar refractivity (Wildman–Crippen MR) is 46.5 cm³/mol. The van der Waals surface area contributed by atoms with Crippen molar-refractivity contribution in [2.75, 3.05) is 0 Å². The van der Waals surface area contributed by atoms with Crippen molar-refractivity contribution in [2.45, 2.75) is 13.0 Å². The van der Waals surface area contributed by atoms with Crippen molar-refractivity contribution in [1.82, 2.24) is 15.2 Å². The Morgan fingerprint density at radius 2 is 2.42 bits per heavy atom. The first-order valence-electron chi connectivity index (χ1n) is 3.82. The molecular weight excluding hydrogens is 152 g/mol. The number of nitrogens with two attached hydrogens (primary N) is 1. The molecule has 4 heteroatoms. The minimum absolute atomic E-state index is 0.0163. The lowest BCUT2D eigenvalue weighted by molar-refractivity contribution is 0.779. The number of fused-ring (bicyclic) bond motifs is 1. The molecule has 2 heterocycles. The van der Waals surface area contributed by atoms with Gasteiger partial charge in [-0.25, -0.2) is 0 Å². The summed E-state index contributed by atoms with van der Waals surface area (Å²) >= 11 is 0. The lowest BCUT2D eigenvalue weighted by atomic mass is 10.2. The molecule has 0 fully saturated rings. The van der Waals surface area contributed by atoms with Gasteiger partial charge in [0.1, 0.15) is 5.52 Å². The van der Waals surface area contributed by atoms with Gasteiger partial charge in [0.2, 0.25) is 0 Å². The Labute approximate surface area is 69.8 Å². The summed E-state index contributed by atoms with van der Waals surface area (Å²) in [5.74, 6) is 0. The van der Waals surface area contributed by atoms with Crippen LogP contribution >= 0.6 is 0 Å². The Kier molecular flexibility index (Phi) is 1.55. The summed E-state index contributed by atoms with van der Waals surface area (Å²) < 4.78 is 0. The molecule has 0 aliphatic heterocycles. The normalized spacial score (nSPS) is 13.5. The Morgan fingerprint density at radius 3 is 3.17 bits per heavy atom. The summed E-state index contributed by atoms with van der Waals surface area (Å²) in [6, 6.07) is 1.90. The van der Waals surface area contributed by atoms with Crippen LogP contribution in [-0.4, -0.2) is 15.2 Å². The third-order valence-electron chi connectivity index (χ3n) is 1.84. The van der Waals surface area contributed by atoms with Crippen molar-refractivity contribution in [3.8, 4) is 0 Å². The molecule has 1 unspecified atom stereocenters. The molecule has 2 rings (SSSR count). The number of aromatic nitrogens is 3. The van der Waals surface area contributed by atoms with E-state index in [0.717, 1.165) is 16.6 Å². The third kappa shape index (κ3) is 0.967. The summed E-state index contributed by atoms with van der Waals surface area (Å²) in [6.07, 6.45) is 3.46. The maximum atomic E-state index is 5.73. The van der Waals surface area contributed by atoms with Gasteiger partial charge in [-0.05, 0) is 13.0 Å². The molecule has 0 amide bonds. The highest BCUT2D eigenvalue weighted by Crippen LogP contribution is 2.18. The maximum Gasteiger partial charge on any atom is 0.111 e. The van der Waals surface area contributed by atoms with Crippen LogP contribution in [0.4, 0.5) is 0 Å². The first-order valence-corrected chi connectivity index (χ1v) is 3.82. The van der Waals surface area contributed by atoms with Gasteiger partial charge in [-0.1, -0.05) is 0 Å². The van der Waals surface area contributed by atoms with Gasteiger partial charge >= 0.3 is 0 Å². The Balaban J connectivity index is 2.70. The van der Waals surface area contributed by atoms with E-state index in [1.54, 1.807) is 12.4 Å². The zero-order valence-corrected chi connectivity index (χ0v) is 6.78. The van der Waals surface area contributed by atoms with Crippen molar-refractivity contribution in [3.05, 3.63) is 24.2 Å². The smallest absolute Gasteiger partial charge is 0.111 e. The highest BCUT2D eigenvalue weighted by Gasteiger charge is 2.07. The second-order valence-corrected chi connectivity index (χ2v) is 2.82. The third-order valence-corrected chi connectivity index (χ3v) is 1.84. The van der Waals surface area contributed by atoms with E-state index in [2.05, 4.69) is 15.2 Å². The second-order valence-electron chi connectivity index (χ2n) is 2.82. The largest absolute Gasteiger partial charge is 0.323 e. The van der Waals surface area contributed by atoms with Crippen molar-refractivity contribution >= 4 is 10.9 Å². The van der Waals surface area contributed by atoms with Crippen LogP contribution in [0.2, 0.25) is 0 Å². The van der Waals surface area contributed by atoms with Crippen LogP contribution in [0.25, 0.3) is 10.9 Å². The maximum absolute atomic E-state index is 5.73. The first-order chi connectivity index (χ1) is 5.79. The molecule has 0 aromatic carbocycles. The highest BCUT2D eigenvalue weighted by molar-refractivity contribution is 5.80. The molecule has 62 valence electrons. The monoisotopic (exact) mass is 162 g/mol. The van der Waals surface area contributed by atoms with Crippen LogP contribution in [0.5, 0.6) is 0 Å². The molecule has 4 nitrogen and oxygen atoms in total. The molecule has 0 bridgehead atoms.